The number of rotatable bonds is 3. The van der Waals surface area contributed by atoms with Crippen molar-refractivity contribution in [3.05, 3.63) is 53.2 Å². The van der Waals surface area contributed by atoms with Crippen molar-refractivity contribution in [3.8, 4) is 0 Å². The fourth-order valence-corrected chi connectivity index (χ4v) is 6.05. The van der Waals surface area contributed by atoms with E-state index in [0.717, 1.165) is 39.0 Å². The van der Waals surface area contributed by atoms with E-state index in [0.29, 0.717) is 17.7 Å². The van der Waals surface area contributed by atoms with Crippen LogP contribution < -0.4 is 0 Å². The molecule has 1 aromatic carbocycles. The predicted molar refractivity (Wildman–Crippen MR) is 112 cm³/mol. The summed E-state index contributed by atoms with van der Waals surface area (Å²) in [6.07, 6.45) is 5.10. The molecule has 0 unspecified atom stereocenters. The lowest BCUT2D eigenvalue weighted by Gasteiger charge is -2.47. The van der Waals surface area contributed by atoms with Crippen LogP contribution >= 0.6 is 11.3 Å². The molecule has 5 rings (SSSR count). The van der Waals surface area contributed by atoms with Crippen LogP contribution in [0.4, 0.5) is 0 Å². The van der Waals surface area contributed by atoms with Crippen LogP contribution in [0.25, 0.3) is 10.1 Å². The van der Waals surface area contributed by atoms with Gasteiger partial charge in [0.1, 0.15) is 5.69 Å². The number of fused-ring (bicyclic) bond motifs is 2. The third kappa shape index (κ3) is 3.25. The average molecular weight is 395 g/mol. The summed E-state index contributed by atoms with van der Waals surface area (Å²) in [5.41, 5.74) is 0.702. The summed E-state index contributed by atoms with van der Waals surface area (Å²) in [6.45, 7) is 4.05. The molecular weight excluding hydrogens is 368 g/mol. The highest BCUT2D eigenvalue weighted by Crippen LogP contribution is 2.33. The summed E-state index contributed by atoms with van der Waals surface area (Å²) >= 11 is 1.91. The van der Waals surface area contributed by atoms with Gasteiger partial charge in [0.05, 0.1) is 0 Å². The lowest BCUT2D eigenvalue weighted by atomic mass is 9.83. The van der Waals surface area contributed by atoms with Gasteiger partial charge in [0.15, 0.2) is 0 Å². The van der Waals surface area contributed by atoms with Gasteiger partial charge < -0.3 is 4.90 Å². The van der Waals surface area contributed by atoms with Crippen molar-refractivity contribution in [3.63, 3.8) is 0 Å². The number of amides is 1. The number of aromatic nitrogens is 2. The molecule has 6 heteroatoms. The largest absolute Gasteiger partial charge is 0.334 e. The number of hydrogen-bond acceptors (Lipinski definition) is 4. The molecule has 0 saturated carbocycles. The fraction of sp³-hybridized carbons (Fsp3) is 0.455. The van der Waals surface area contributed by atoms with Gasteiger partial charge in [-0.1, -0.05) is 18.2 Å². The van der Waals surface area contributed by atoms with E-state index in [1.54, 1.807) is 10.9 Å². The molecule has 146 valence electrons. The fourth-order valence-electron chi connectivity index (χ4n) is 4.94. The normalized spacial score (nSPS) is 23.1. The number of piperidine rings is 2. The van der Waals surface area contributed by atoms with Gasteiger partial charge in [0.25, 0.3) is 5.91 Å². The van der Waals surface area contributed by atoms with Crippen LogP contribution in [0.5, 0.6) is 0 Å². The molecule has 0 radical (unpaired) electrons. The van der Waals surface area contributed by atoms with E-state index >= 15 is 0 Å². The van der Waals surface area contributed by atoms with E-state index in [4.69, 9.17) is 0 Å². The monoisotopic (exact) mass is 394 g/mol. The van der Waals surface area contributed by atoms with E-state index in [1.165, 1.54) is 21.4 Å². The highest BCUT2D eigenvalue weighted by atomic mass is 32.1. The van der Waals surface area contributed by atoms with Crippen LogP contribution in [0.2, 0.25) is 0 Å². The van der Waals surface area contributed by atoms with E-state index in [9.17, 15) is 4.79 Å². The topological polar surface area (TPSA) is 41.4 Å². The Hall–Kier alpha value is -2.18. The van der Waals surface area contributed by atoms with E-state index in [2.05, 4.69) is 45.2 Å². The Morgan fingerprint density at radius 3 is 2.93 bits per heavy atom. The van der Waals surface area contributed by atoms with Crippen LogP contribution in [-0.2, 0) is 13.6 Å². The minimum Gasteiger partial charge on any atom is -0.334 e. The number of carbonyl (C=O) groups is 1. The summed E-state index contributed by atoms with van der Waals surface area (Å²) in [7, 11) is 1.85. The third-order valence-electron chi connectivity index (χ3n) is 6.31. The van der Waals surface area contributed by atoms with Crippen LogP contribution in [-0.4, -0.2) is 51.2 Å². The standard InChI is InChI=1S/C22H26N4OS/c1-24-20(8-10-23-24)22(27)26-11-4-6-17-14-25(12-9-19(17)26)15-18-13-16-5-2-3-7-21(16)28-18/h2-3,5,7-8,10,13,17,19H,4,6,9,11-12,14-15H2,1H3/t17-,19+/m1/s1. The molecular formula is C22H26N4OS. The van der Waals surface area contributed by atoms with Gasteiger partial charge in [-0.15, -0.1) is 11.3 Å². The molecule has 0 spiro atoms. The Kier molecular flexibility index (Phi) is 4.69. The van der Waals surface area contributed by atoms with E-state index in [1.807, 2.05) is 24.5 Å². The summed E-state index contributed by atoms with van der Waals surface area (Å²) in [4.78, 5) is 19.2. The molecule has 0 aliphatic carbocycles. The molecule has 28 heavy (non-hydrogen) atoms. The number of hydrogen-bond donors (Lipinski definition) is 0. The average Bonchev–Trinajstić information content (AvgIpc) is 3.32. The Labute approximate surface area is 169 Å². The van der Waals surface area contributed by atoms with Gasteiger partial charge >= 0.3 is 0 Å². The zero-order valence-corrected chi connectivity index (χ0v) is 17.1. The second-order valence-electron chi connectivity index (χ2n) is 8.08. The molecule has 2 fully saturated rings. The summed E-state index contributed by atoms with van der Waals surface area (Å²) in [5.74, 6) is 0.724. The second kappa shape index (κ2) is 7.33. The maximum atomic E-state index is 13.1. The smallest absolute Gasteiger partial charge is 0.272 e. The minimum atomic E-state index is 0.146. The molecule has 2 saturated heterocycles. The Bertz CT molecular complexity index is 960. The molecule has 1 amide bonds. The molecule has 2 aliphatic rings. The Morgan fingerprint density at radius 1 is 1.21 bits per heavy atom. The molecule has 2 aliphatic heterocycles. The molecule has 2 aromatic heterocycles. The lowest BCUT2D eigenvalue weighted by Crippen LogP contribution is -2.55. The van der Waals surface area contributed by atoms with Gasteiger partial charge in [0, 0.05) is 55.0 Å². The van der Waals surface area contributed by atoms with Crippen LogP contribution in [0.15, 0.2) is 42.6 Å². The second-order valence-corrected chi connectivity index (χ2v) is 9.25. The maximum Gasteiger partial charge on any atom is 0.272 e. The predicted octanol–water partition coefficient (Wildman–Crippen LogP) is 3.76. The number of nitrogens with zero attached hydrogens (tertiary/aromatic N) is 4. The maximum absolute atomic E-state index is 13.1. The quantitative estimate of drug-likeness (QED) is 0.679. The molecule has 0 bridgehead atoms. The van der Waals surface area contributed by atoms with Gasteiger partial charge in [-0.05, 0) is 48.8 Å². The summed E-state index contributed by atoms with van der Waals surface area (Å²) < 4.78 is 3.07. The van der Waals surface area contributed by atoms with Gasteiger partial charge in [-0.2, -0.15) is 5.10 Å². The molecule has 0 N–H and O–H groups in total. The van der Waals surface area contributed by atoms with Crippen molar-refractivity contribution in [2.24, 2.45) is 13.0 Å². The van der Waals surface area contributed by atoms with Crippen molar-refractivity contribution in [2.75, 3.05) is 19.6 Å². The third-order valence-corrected chi connectivity index (χ3v) is 7.41. The number of thiophene rings is 1. The SMILES string of the molecule is Cn1nccc1C(=O)N1CCC[C@@H]2CN(Cc3cc4ccccc4s3)CC[C@@H]21. The number of likely N-dealkylation sites (tertiary alicyclic amines) is 2. The van der Waals surface area contributed by atoms with Crippen molar-refractivity contribution >= 4 is 27.3 Å². The van der Waals surface area contributed by atoms with E-state index in [-0.39, 0.29) is 5.91 Å². The molecule has 5 nitrogen and oxygen atoms in total. The van der Waals surface area contributed by atoms with Crippen molar-refractivity contribution in [2.45, 2.75) is 31.8 Å². The van der Waals surface area contributed by atoms with Crippen LogP contribution in [0.1, 0.15) is 34.6 Å². The van der Waals surface area contributed by atoms with E-state index < -0.39 is 0 Å². The van der Waals surface area contributed by atoms with Crippen molar-refractivity contribution in [1.82, 2.24) is 19.6 Å². The lowest BCUT2D eigenvalue weighted by molar-refractivity contribution is 0.0179. The first kappa shape index (κ1) is 17.9. The van der Waals surface area contributed by atoms with Crippen LogP contribution in [0, 0.1) is 5.92 Å². The Balaban J connectivity index is 1.28. The molecule has 2 atom stereocenters. The van der Waals surface area contributed by atoms with Gasteiger partial charge in [-0.25, -0.2) is 0 Å². The first-order chi connectivity index (χ1) is 13.7. The zero-order chi connectivity index (χ0) is 19.1. The molecule has 4 heterocycles. The van der Waals surface area contributed by atoms with Gasteiger partial charge in [-0.3, -0.25) is 14.4 Å². The number of carbonyl (C=O) groups excluding carboxylic acids is 1. The van der Waals surface area contributed by atoms with Crippen LogP contribution in [0.3, 0.4) is 0 Å². The summed E-state index contributed by atoms with van der Waals surface area (Å²) in [6, 6.07) is 13.2. The number of benzene rings is 1. The minimum absolute atomic E-state index is 0.146. The Morgan fingerprint density at radius 2 is 2.11 bits per heavy atom. The molecule has 3 aromatic rings. The zero-order valence-electron chi connectivity index (χ0n) is 16.3. The summed E-state index contributed by atoms with van der Waals surface area (Å²) in [5, 5.41) is 5.53. The highest BCUT2D eigenvalue weighted by Gasteiger charge is 2.38. The van der Waals surface area contributed by atoms with Crippen molar-refractivity contribution < 1.29 is 4.79 Å². The number of aryl methyl sites for hydroxylation is 1. The first-order valence-corrected chi connectivity index (χ1v) is 11.0. The first-order valence-electron chi connectivity index (χ1n) is 10.2. The highest BCUT2D eigenvalue weighted by molar-refractivity contribution is 7.19. The van der Waals surface area contributed by atoms with Crippen molar-refractivity contribution in [1.29, 1.82) is 0 Å². The van der Waals surface area contributed by atoms with Gasteiger partial charge in [0.2, 0.25) is 0 Å².